The molecule has 1 unspecified atom stereocenters. The maximum absolute atomic E-state index is 11.9. The summed E-state index contributed by atoms with van der Waals surface area (Å²) in [6, 6.07) is 0. The van der Waals surface area contributed by atoms with Gasteiger partial charge in [-0.1, -0.05) is 6.92 Å². The lowest BCUT2D eigenvalue weighted by atomic mass is 10.4. The Kier molecular flexibility index (Phi) is 4.44. The Balaban J connectivity index is 3.76. The topological polar surface area (TPSA) is 21.3 Å². The third kappa shape index (κ3) is 4.21. The number of ether oxygens (including phenoxy) is 1. The zero-order valence-electron chi connectivity index (χ0n) is 6.53. The van der Waals surface area contributed by atoms with Gasteiger partial charge in [0.1, 0.15) is 0 Å². The fourth-order valence-corrected chi connectivity index (χ4v) is 0.608. The highest BCUT2D eigenvalue weighted by Gasteiger charge is 2.39. The Labute approximate surface area is 63.7 Å². The Bertz CT molecular complexity index is 104. The van der Waals surface area contributed by atoms with Crippen molar-refractivity contribution in [2.75, 3.05) is 13.7 Å². The fraction of sp³-hybridized carbons (Fsp3) is 1.00. The molecule has 1 N–H and O–H groups in total. The lowest BCUT2D eigenvalue weighted by Gasteiger charge is -2.19. The molecular formula is C6H12F3NO. The highest BCUT2D eigenvalue weighted by molar-refractivity contribution is 4.63. The predicted octanol–water partition coefficient (Wildman–Crippen LogP) is 1.52. The van der Waals surface area contributed by atoms with E-state index in [2.05, 4.69) is 10.1 Å². The summed E-state index contributed by atoms with van der Waals surface area (Å²) in [5.74, 6) is 0. The monoisotopic (exact) mass is 171 g/mol. The molecule has 68 valence electrons. The molecule has 0 heterocycles. The first-order valence-electron chi connectivity index (χ1n) is 3.35. The zero-order chi connectivity index (χ0) is 8.91. The molecule has 0 spiro atoms. The maximum atomic E-state index is 11.9. The first-order valence-corrected chi connectivity index (χ1v) is 3.35. The van der Waals surface area contributed by atoms with Crippen LogP contribution in [0.4, 0.5) is 13.2 Å². The molecule has 5 heteroatoms. The van der Waals surface area contributed by atoms with Crippen molar-refractivity contribution in [1.29, 1.82) is 0 Å². The predicted molar refractivity (Wildman–Crippen MR) is 35.1 cm³/mol. The largest absolute Gasteiger partial charge is 0.428 e. The standard InChI is InChI=1S/C6H12F3NO/c1-3-4-10-5(11-2)6(7,8)9/h5,10H,3-4H2,1-2H3. The Morgan fingerprint density at radius 1 is 1.45 bits per heavy atom. The second-order valence-corrected chi connectivity index (χ2v) is 2.11. The summed E-state index contributed by atoms with van der Waals surface area (Å²) in [5, 5.41) is 2.21. The van der Waals surface area contributed by atoms with Crippen LogP contribution in [0.5, 0.6) is 0 Å². The van der Waals surface area contributed by atoms with Gasteiger partial charge >= 0.3 is 6.18 Å². The average Bonchev–Trinajstić information content (AvgIpc) is 1.87. The van der Waals surface area contributed by atoms with E-state index in [0.717, 1.165) is 7.11 Å². The van der Waals surface area contributed by atoms with Gasteiger partial charge in [-0.05, 0) is 13.0 Å². The van der Waals surface area contributed by atoms with Gasteiger partial charge in [0.2, 0.25) is 6.23 Å². The van der Waals surface area contributed by atoms with Gasteiger partial charge in [-0.25, -0.2) is 0 Å². The average molecular weight is 171 g/mol. The van der Waals surface area contributed by atoms with Crippen LogP contribution in [-0.4, -0.2) is 26.1 Å². The van der Waals surface area contributed by atoms with Crippen LogP contribution in [0, 0.1) is 0 Å². The number of rotatable bonds is 4. The van der Waals surface area contributed by atoms with Gasteiger partial charge < -0.3 is 4.74 Å². The lowest BCUT2D eigenvalue weighted by Crippen LogP contribution is -2.43. The van der Waals surface area contributed by atoms with Crippen molar-refractivity contribution >= 4 is 0 Å². The zero-order valence-corrected chi connectivity index (χ0v) is 6.53. The van der Waals surface area contributed by atoms with Crippen LogP contribution in [0.3, 0.4) is 0 Å². The van der Waals surface area contributed by atoms with E-state index in [1.807, 2.05) is 0 Å². The molecule has 2 nitrogen and oxygen atoms in total. The Morgan fingerprint density at radius 2 is 2.00 bits per heavy atom. The SMILES string of the molecule is CCCNC(OC)C(F)(F)F. The summed E-state index contributed by atoms with van der Waals surface area (Å²) in [4.78, 5) is 0. The number of hydrogen-bond acceptors (Lipinski definition) is 2. The van der Waals surface area contributed by atoms with E-state index >= 15 is 0 Å². The van der Waals surface area contributed by atoms with Crippen LogP contribution in [0.2, 0.25) is 0 Å². The molecule has 0 saturated carbocycles. The van der Waals surface area contributed by atoms with Crippen molar-refractivity contribution in [3.05, 3.63) is 0 Å². The summed E-state index contributed by atoms with van der Waals surface area (Å²) in [6.07, 6.45) is -5.50. The molecule has 0 aliphatic rings. The minimum absolute atomic E-state index is 0.304. The Hall–Kier alpha value is -0.290. The molecule has 0 amide bonds. The summed E-state index contributed by atoms with van der Waals surface area (Å²) in [5.41, 5.74) is 0. The summed E-state index contributed by atoms with van der Waals surface area (Å²) in [7, 11) is 1.03. The van der Waals surface area contributed by atoms with Gasteiger partial charge in [-0.3, -0.25) is 5.32 Å². The van der Waals surface area contributed by atoms with E-state index in [4.69, 9.17) is 0 Å². The molecule has 0 aliphatic carbocycles. The molecule has 0 saturated heterocycles. The van der Waals surface area contributed by atoms with Gasteiger partial charge in [0, 0.05) is 7.11 Å². The molecule has 11 heavy (non-hydrogen) atoms. The number of alkyl halides is 3. The van der Waals surface area contributed by atoms with Gasteiger partial charge in [-0.2, -0.15) is 13.2 Å². The number of hydrogen-bond donors (Lipinski definition) is 1. The van der Waals surface area contributed by atoms with E-state index in [1.54, 1.807) is 6.92 Å². The van der Waals surface area contributed by atoms with Crippen molar-refractivity contribution < 1.29 is 17.9 Å². The molecule has 0 rings (SSSR count). The number of methoxy groups -OCH3 is 1. The summed E-state index contributed by atoms with van der Waals surface area (Å²) in [6.45, 7) is 2.09. The van der Waals surface area contributed by atoms with Crippen LogP contribution in [0.1, 0.15) is 13.3 Å². The van der Waals surface area contributed by atoms with Crippen molar-refractivity contribution in [2.24, 2.45) is 0 Å². The van der Waals surface area contributed by atoms with Gasteiger partial charge in [0.15, 0.2) is 0 Å². The Morgan fingerprint density at radius 3 is 2.27 bits per heavy atom. The molecule has 0 aromatic heterocycles. The summed E-state index contributed by atoms with van der Waals surface area (Å²) < 4.78 is 39.7. The normalized spacial score (nSPS) is 15.0. The van der Waals surface area contributed by atoms with Crippen LogP contribution >= 0.6 is 0 Å². The molecular weight excluding hydrogens is 159 g/mol. The molecule has 0 radical (unpaired) electrons. The highest BCUT2D eigenvalue weighted by Crippen LogP contribution is 2.20. The highest BCUT2D eigenvalue weighted by atomic mass is 19.4. The molecule has 0 aromatic rings. The fourth-order valence-electron chi connectivity index (χ4n) is 0.608. The smallest absolute Gasteiger partial charge is 0.358 e. The van der Waals surface area contributed by atoms with Crippen LogP contribution in [-0.2, 0) is 4.74 Å². The number of nitrogens with one attached hydrogen (secondary N) is 1. The van der Waals surface area contributed by atoms with E-state index in [9.17, 15) is 13.2 Å². The van der Waals surface area contributed by atoms with E-state index < -0.39 is 12.4 Å². The molecule has 0 bridgehead atoms. The maximum Gasteiger partial charge on any atom is 0.428 e. The van der Waals surface area contributed by atoms with Crippen molar-refractivity contribution in [2.45, 2.75) is 25.7 Å². The van der Waals surface area contributed by atoms with Gasteiger partial charge in [-0.15, -0.1) is 0 Å². The van der Waals surface area contributed by atoms with Gasteiger partial charge in [0.05, 0.1) is 0 Å². The molecule has 0 aliphatic heterocycles. The first-order chi connectivity index (χ1) is 5.02. The minimum Gasteiger partial charge on any atom is -0.358 e. The molecule has 0 fully saturated rings. The lowest BCUT2D eigenvalue weighted by molar-refractivity contribution is -0.222. The van der Waals surface area contributed by atoms with Crippen molar-refractivity contribution in [1.82, 2.24) is 5.32 Å². The van der Waals surface area contributed by atoms with Crippen molar-refractivity contribution in [3.63, 3.8) is 0 Å². The van der Waals surface area contributed by atoms with E-state index in [1.165, 1.54) is 0 Å². The number of halogens is 3. The van der Waals surface area contributed by atoms with Crippen LogP contribution in [0.25, 0.3) is 0 Å². The second kappa shape index (κ2) is 4.56. The van der Waals surface area contributed by atoms with E-state index in [0.29, 0.717) is 13.0 Å². The summed E-state index contributed by atoms with van der Waals surface area (Å²) >= 11 is 0. The minimum atomic E-state index is -4.32. The third-order valence-electron chi connectivity index (χ3n) is 1.11. The quantitative estimate of drug-likeness (QED) is 0.647. The first kappa shape index (κ1) is 10.7. The molecule has 1 atom stereocenters. The van der Waals surface area contributed by atoms with Crippen molar-refractivity contribution in [3.8, 4) is 0 Å². The van der Waals surface area contributed by atoms with Crippen LogP contribution < -0.4 is 5.32 Å². The van der Waals surface area contributed by atoms with E-state index in [-0.39, 0.29) is 0 Å². The second-order valence-electron chi connectivity index (χ2n) is 2.11. The van der Waals surface area contributed by atoms with Crippen LogP contribution in [0.15, 0.2) is 0 Å². The van der Waals surface area contributed by atoms with Gasteiger partial charge in [0.25, 0.3) is 0 Å². The molecule has 0 aromatic carbocycles. The third-order valence-corrected chi connectivity index (χ3v) is 1.11.